The van der Waals surface area contributed by atoms with Gasteiger partial charge >= 0.3 is 0 Å². The van der Waals surface area contributed by atoms with Crippen LogP contribution < -0.4 is 4.74 Å². The first-order valence-electron chi connectivity index (χ1n) is 5.26. The van der Waals surface area contributed by atoms with E-state index >= 15 is 0 Å². The normalized spacial score (nSPS) is 11.0. The highest BCUT2D eigenvalue weighted by Crippen LogP contribution is 2.28. The molecule has 0 aliphatic carbocycles. The minimum Gasteiger partial charge on any atom is -0.490 e. The number of aryl methyl sites for hydroxylation is 1. The molecular formula is C13H14O3. The quantitative estimate of drug-likeness (QED) is 0.742. The number of carbonyl (C=O) groups is 1. The molecule has 0 amide bonds. The molecule has 3 heteroatoms. The van der Waals surface area contributed by atoms with Gasteiger partial charge in [-0.3, -0.25) is 4.79 Å². The van der Waals surface area contributed by atoms with Crippen molar-refractivity contribution in [3.8, 4) is 5.75 Å². The summed E-state index contributed by atoms with van der Waals surface area (Å²) in [4.78, 5) is 10.9. The molecule has 0 saturated carbocycles. The van der Waals surface area contributed by atoms with Crippen molar-refractivity contribution in [1.29, 1.82) is 0 Å². The first-order valence-corrected chi connectivity index (χ1v) is 5.26. The van der Waals surface area contributed by atoms with Crippen molar-refractivity contribution in [2.75, 3.05) is 0 Å². The Balaban J connectivity index is 2.57. The molecule has 0 bridgehead atoms. The Labute approximate surface area is 94.0 Å². The van der Waals surface area contributed by atoms with Gasteiger partial charge in [-0.25, -0.2) is 0 Å². The maximum Gasteiger partial charge on any atom is 0.153 e. The molecule has 84 valence electrons. The SMILES string of the molecule is Cc1cc2cc(OC(C)C)c(C=O)cc2o1. The van der Waals surface area contributed by atoms with E-state index in [9.17, 15) is 4.79 Å². The number of aldehydes is 1. The number of rotatable bonds is 3. The van der Waals surface area contributed by atoms with Crippen molar-refractivity contribution < 1.29 is 13.9 Å². The molecule has 3 nitrogen and oxygen atoms in total. The second-order valence-corrected chi connectivity index (χ2v) is 4.07. The van der Waals surface area contributed by atoms with E-state index in [0.29, 0.717) is 11.3 Å². The largest absolute Gasteiger partial charge is 0.490 e. The summed E-state index contributed by atoms with van der Waals surface area (Å²) in [6.45, 7) is 5.74. The van der Waals surface area contributed by atoms with Crippen molar-refractivity contribution in [3.05, 3.63) is 29.5 Å². The van der Waals surface area contributed by atoms with Crippen LogP contribution in [-0.4, -0.2) is 12.4 Å². The van der Waals surface area contributed by atoms with Crippen LogP contribution in [0.15, 0.2) is 22.6 Å². The Kier molecular flexibility index (Phi) is 2.69. The molecule has 0 unspecified atom stereocenters. The molecule has 1 heterocycles. The van der Waals surface area contributed by atoms with Crippen molar-refractivity contribution in [2.45, 2.75) is 26.9 Å². The predicted molar refractivity (Wildman–Crippen MR) is 62.1 cm³/mol. The summed E-state index contributed by atoms with van der Waals surface area (Å²) in [5, 5.41) is 0.957. The van der Waals surface area contributed by atoms with E-state index in [4.69, 9.17) is 9.15 Å². The van der Waals surface area contributed by atoms with E-state index in [-0.39, 0.29) is 6.10 Å². The summed E-state index contributed by atoms with van der Waals surface area (Å²) < 4.78 is 11.0. The minimum absolute atomic E-state index is 0.0455. The zero-order chi connectivity index (χ0) is 11.7. The van der Waals surface area contributed by atoms with E-state index < -0.39 is 0 Å². The average Bonchev–Trinajstić information content (AvgIpc) is 2.55. The Morgan fingerprint density at radius 3 is 2.69 bits per heavy atom. The van der Waals surface area contributed by atoms with Crippen LogP contribution in [0.2, 0.25) is 0 Å². The fraction of sp³-hybridized carbons (Fsp3) is 0.308. The van der Waals surface area contributed by atoms with Gasteiger partial charge in [-0.05, 0) is 39.0 Å². The summed E-state index contributed by atoms with van der Waals surface area (Å²) in [6, 6.07) is 5.49. The topological polar surface area (TPSA) is 39.4 Å². The highest BCUT2D eigenvalue weighted by molar-refractivity contribution is 5.89. The van der Waals surface area contributed by atoms with Crippen LogP contribution in [0, 0.1) is 6.92 Å². The third-order valence-corrected chi connectivity index (χ3v) is 2.26. The minimum atomic E-state index is 0.0455. The Hall–Kier alpha value is -1.77. The average molecular weight is 218 g/mol. The van der Waals surface area contributed by atoms with E-state index in [0.717, 1.165) is 23.0 Å². The number of fused-ring (bicyclic) bond motifs is 1. The lowest BCUT2D eigenvalue weighted by Gasteiger charge is -2.11. The highest BCUT2D eigenvalue weighted by Gasteiger charge is 2.10. The summed E-state index contributed by atoms with van der Waals surface area (Å²) >= 11 is 0. The molecule has 0 atom stereocenters. The molecule has 1 aromatic carbocycles. The van der Waals surface area contributed by atoms with E-state index in [1.807, 2.05) is 32.9 Å². The Bertz CT molecular complexity index is 523. The van der Waals surface area contributed by atoms with Crippen LogP contribution in [0.3, 0.4) is 0 Å². The number of benzene rings is 1. The van der Waals surface area contributed by atoms with Gasteiger partial charge in [0.2, 0.25) is 0 Å². The Morgan fingerprint density at radius 1 is 1.31 bits per heavy atom. The zero-order valence-electron chi connectivity index (χ0n) is 9.61. The lowest BCUT2D eigenvalue weighted by Crippen LogP contribution is -2.07. The molecule has 2 aromatic rings. The number of hydrogen-bond acceptors (Lipinski definition) is 3. The first-order chi connectivity index (χ1) is 7.60. The molecule has 0 N–H and O–H groups in total. The molecule has 0 radical (unpaired) electrons. The standard InChI is InChI=1S/C13H14O3/c1-8(2)15-13-5-10-4-9(3)16-12(10)6-11(13)7-14/h4-8H,1-3H3. The number of carbonyl (C=O) groups excluding carboxylic acids is 1. The number of hydrogen-bond donors (Lipinski definition) is 0. The van der Waals surface area contributed by atoms with Crippen LogP contribution in [0.1, 0.15) is 30.0 Å². The second kappa shape index (κ2) is 4.00. The van der Waals surface area contributed by atoms with Crippen LogP contribution in [-0.2, 0) is 0 Å². The van der Waals surface area contributed by atoms with E-state index in [1.165, 1.54) is 0 Å². The van der Waals surface area contributed by atoms with Gasteiger partial charge in [0, 0.05) is 5.39 Å². The van der Waals surface area contributed by atoms with Crippen LogP contribution in [0.4, 0.5) is 0 Å². The van der Waals surface area contributed by atoms with Crippen LogP contribution >= 0.6 is 0 Å². The van der Waals surface area contributed by atoms with Gasteiger partial charge in [-0.2, -0.15) is 0 Å². The van der Waals surface area contributed by atoms with E-state index in [1.54, 1.807) is 6.07 Å². The van der Waals surface area contributed by atoms with Crippen molar-refractivity contribution >= 4 is 17.3 Å². The molecule has 0 fully saturated rings. The molecule has 0 saturated heterocycles. The van der Waals surface area contributed by atoms with Gasteiger partial charge in [-0.1, -0.05) is 0 Å². The number of furan rings is 1. The van der Waals surface area contributed by atoms with Gasteiger partial charge < -0.3 is 9.15 Å². The molecule has 0 aliphatic heterocycles. The molecular weight excluding hydrogens is 204 g/mol. The molecule has 1 aromatic heterocycles. The molecule has 0 spiro atoms. The zero-order valence-corrected chi connectivity index (χ0v) is 9.61. The lowest BCUT2D eigenvalue weighted by atomic mass is 10.1. The highest BCUT2D eigenvalue weighted by atomic mass is 16.5. The fourth-order valence-electron chi connectivity index (χ4n) is 1.66. The third-order valence-electron chi connectivity index (χ3n) is 2.26. The Morgan fingerprint density at radius 2 is 2.06 bits per heavy atom. The second-order valence-electron chi connectivity index (χ2n) is 4.07. The monoisotopic (exact) mass is 218 g/mol. The fourth-order valence-corrected chi connectivity index (χ4v) is 1.66. The molecule has 16 heavy (non-hydrogen) atoms. The number of ether oxygens (including phenoxy) is 1. The van der Waals surface area contributed by atoms with Gasteiger partial charge in [0.05, 0.1) is 11.7 Å². The lowest BCUT2D eigenvalue weighted by molar-refractivity contribution is 0.111. The third kappa shape index (κ3) is 1.94. The first kappa shape index (κ1) is 10.7. The van der Waals surface area contributed by atoms with Crippen molar-refractivity contribution in [2.24, 2.45) is 0 Å². The maximum atomic E-state index is 10.9. The van der Waals surface area contributed by atoms with Crippen molar-refractivity contribution in [1.82, 2.24) is 0 Å². The van der Waals surface area contributed by atoms with E-state index in [2.05, 4.69) is 0 Å². The summed E-state index contributed by atoms with van der Waals surface area (Å²) in [5.41, 5.74) is 1.24. The van der Waals surface area contributed by atoms with Crippen LogP contribution in [0.25, 0.3) is 11.0 Å². The van der Waals surface area contributed by atoms with Crippen LogP contribution in [0.5, 0.6) is 5.75 Å². The van der Waals surface area contributed by atoms with Crippen molar-refractivity contribution in [3.63, 3.8) is 0 Å². The summed E-state index contributed by atoms with van der Waals surface area (Å²) in [6.07, 6.45) is 0.832. The van der Waals surface area contributed by atoms with Gasteiger partial charge in [-0.15, -0.1) is 0 Å². The predicted octanol–water partition coefficient (Wildman–Crippen LogP) is 3.34. The summed E-state index contributed by atoms with van der Waals surface area (Å²) in [5.74, 6) is 1.44. The molecule has 0 aliphatic rings. The molecule has 2 rings (SSSR count). The summed E-state index contributed by atoms with van der Waals surface area (Å²) in [7, 11) is 0. The van der Waals surface area contributed by atoms with Gasteiger partial charge in [0.25, 0.3) is 0 Å². The maximum absolute atomic E-state index is 10.9. The van der Waals surface area contributed by atoms with Gasteiger partial charge in [0.15, 0.2) is 6.29 Å². The smallest absolute Gasteiger partial charge is 0.153 e. The van der Waals surface area contributed by atoms with Gasteiger partial charge in [0.1, 0.15) is 17.1 Å².